The lowest BCUT2D eigenvalue weighted by molar-refractivity contribution is 0.197. The Morgan fingerprint density at radius 1 is 1.18 bits per heavy atom. The molecule has 0 amide bonds. The van der Waals surface area contributed by atoms with Crippen LogP contribution in [0.1, 0.15) is 48.0 Å². The molecule has 0 N–H and O–H groups in total. The van der Waals surface area contributed by atoms with E-state index < -0.39 is 0 Å². The van der Waals surface area contributed by atoms with Gasteiger partial charge in [0.2, 0.25) is 0 Å². The van der Waals surface area contributed by atoms with Crippen molar-refractivity contribution in [3.8, 4) is 0 Å². The van der Waals surface area contributed by atoms with E-state index in [4.69, 9.17) is 11.6 Å². The maximum atomic E-state index is 6.46. The Labute approximate surface area is 76.3 Å². The minimum absolute atomic E-state index is 0.0816. The zero-order valence-corrected chi connectivity index (χ0v) is 9.42. The zero-order chi connectivity index (χ0) is 9.28. The monoisotopic (exact) mass is 176 g/mol. The summed E-state index contributed by atoms with van der Waals surface area (Å²) in [6, 6.07) is 0. The van der Waals surface area contributed by atoms with Crippen LogP contribution >= 0.6 is 11.6 Å². The smallest absolute Gasteiger partial charge is 0.0492 e. The van der Waals surface area contributed by atoms with E-state index in [2.05, 4.69) is 41.5 Å². The summed E-state index contributed by atoms with van der Waals surface area (Å²) < 4.78 is 0. The Hall–Kier alpha value is 0.290. The first-order valence-electron chi connectivity index (χ1n) is 4.44. The van der Waals surface area contributed by atoms with Crippen LogP contribution in [0.25, 0.3) is 0 Å². The topological polar surface area (TPSA) is 0 Å². The van der Waals surface area contributed by atoms with Crippen LogP contribution in [0.3, 0.4) is 0 Å². The van der Waals surface area contributed by atoms with Crippen LogP contribution in [0, 0.1) is 11.3 Å². The first-order valence-corrected chi connectivity index (χ1v) is 4.82. The van der Waals surface area contributed by atoms with Gasteiger partial charge in [0.25, 0.3) is 0 Å². The standard InChI is InChI=1S/C10H21Cl/c1-7-9(4,5)10(6,11)8(2)3/h8H,7H2,1-6H3. The van der Waals surface area contributed by atoms with Gasteiger partial charge in [-0.3, -0.25) is 0 Å². The molecule has 0 aromatic rings. The summed E-state index contributed by atoms with van der Waals surface area (Å²) in [5.41, 5.74) is 0.225. The van der Waals surface area contributed by atoms with Crippen LogP contribution in [-0.2, 0) is 0 Å². The predicted octanol–water partition coefficient (Wildman–Crippen LogP) is 4.08. The number of hydrogen-bond acceptors (Lipinski definition) is 0. The molecule has 0 aliphatic carbocycles. The van der Waals surface area contributed by atoms with Crippen molar-refractivity contribution in [1.29, 1.82) is 0 Å². The molecule has 1 unspecified atom stereocenters. The van der Waals surface area contributed by atoms with E-state index in [-0.39, 0.29) is 10.3 Å². The van der Waals surface area contributed by atoms with E-state index in [1.54, 1.807) is 0 Å². The highest BCUT2D eigenvalue weighted by atomic mass is 35.5. The molecule has 0 aromatic carbocycles. The molecule has 0 nitrogen and oxygen atoms in total. The van der Waals surface area contributed by atoms with Crippen LogP contribution < -0.4 is 0 Å². The van der Waals surface area contributed by atoms with Gasteiger partial charge in [-0.2, -0.15) is 0 Å². The molecule has 0 radical (unpaired) electrons. The lowest BCUT2D eigenvalue weighted by atomic mass is 9.71. The van der Waals surface area contributed by atoms with Crippen molar-refractivity contribution in [3.63, 3.8) is 0 Å². The van der Waals surface area contributed by atoms with Gasteiger partial charge in [-0.25, -0.2) is 0 Å². The van der Waals surface area contributed by atoms with Gasteiger partial charge in [-0.1, -0.05) is 34.6 Å². The molecule has 0 rings (SSSR count). The summed E-state index contributed by atoms with van der Waals surface area (Å²) in [6.07, 6.45) is 1.13. The number of rotatable bonds is 3. The van der Waals surface area contributed by atoms with Crippen LogP contribution in [0.5, 0.6) is 0 Å². The summed E-state index contributed by atoms with van der Waals surface area (Å²) in [5.74, 6) is 0.527. The van der Waals surface area contributed by atoms with E-state index in [1.165, 1.54) is 0 Å². The third-order valence-electron chi connectivity index (χ3n) is 3.29. The molecule has 1 atom stereocenters. The van der Waals surface area contributed by atoms with Crippen molar-refractivity contribution in [2.24, 2.45) is 11.3 Å². The second-order valence-corrected chi connectivity index (χ2v) is 5.25. The fourth-order valence-electron chi connectivity index (χ4n) is 1.13. The third kappa shape index (κ3) is 2.11. The predicted molar refractivity (Wildman–Crippen MR) is 53.2 cm³/mol. The van der Waals surface area contributed by atoms with Gasteiger partial charge in [0.1, 0.15) is 0 Å². The molecular formula is C10H21Cl. The normalized spacial score (nSPS) is 18.5. The van der Waals surface area contributed by atoms with Gasteiger partial charge >= 0.3 is 0 Å². The summed E-state index contributed by atoms with van der Waals surface area (Å²) in [4.78, 5) is -0.0816. The van der Waals surface area contributed by atoms with Crippen molar-refractivity contribution >= 4 is 11.6 Å². The average molecular weight is 177 g/mol. The molecule has 0 saturated heterocycles. The van der Waals surface area contributed by atoms with E-state index >= 15 is 0 Å². The van der Waals surface area contributed by atoms with Gasteiger partial charge in [-0.15, -0.1) is 11.6 Å². The van der Waals surface area contributed by atoms with Crippen LogP contribution in [0.2, 0.25) is 0 Å². The van der Waals surface area contributed by atoms with Crippen molar-refractivity contribution in [1.82, 2.24) is 0 Å². The first kappa shape index (κ1) is 11.3. The van der Waals surface area contributed by atoms with Crippen molar-refractivity contribution < 1.29 is 0 Å². The minimum Gasteiger partial charge on any atom is -0.119 e. The molecule has 0 aliphatic heterocycles. The minimum atomic E-state index is -0.0816. The van der Waals surface area contributed by atoms with Crippen LogP contribution in [0.15, 0.2) is 0 Å². The molecule has 68 valence electrons. The zero-order valence-electron chi connectivity index (χ0n) is 8.66. The second kappa shape index (κ2) is 3.35. The molecule has 0 heterocycles. The van der Waals surface area contributed by atoms with E-state index in [0.717, 1.165) is 6.42 Å². The summed E-state index contributed by atoms with van der Waals surface area (Å²) >= 11 is 6.46. The molecule has 0 saturated carbocycles. The van der Waals surface area contributed by atoms with Gasteiger partial charge < -0.3 is 0 Å². The Kier molecular flexibility index (Phi) is 3.43. The Bertz CT molecular complexity index is 123. The average Bonchev–Trinajstić information content (AvgIpc) is 1.87. The van der Waals surface area contributed by atoms with E-state index in [1.807, 2.05) is 0 Å². The SMILES string of the molecule is CCC(C)(C)C(C)(Cl)C(C)C. The van der Waals surface area contributed by atoms with Gasteiger partial charge in [0, 0.05) is 4.87 Å². The lowest BCUT2D eigenvalue weighted by Gasteiger charge is -2.42. The Balaban J connectivity index is 4.53. The number of halogens is 1. The number of alkyl halides is 1. The molecule has 0 spiro atoms. The summed E-state index contributed by atoms with van der Waals surface area (Å²) in [5, 5.41) is 0. The van der Waals surface area contributed by atoms with Crippen molar-refractivity contribution in [2.45, 2.75) is 52.8 Å². The molecule has 0 bridgehead atoms. The van der Waals surface area contributed by atoms with Gasteiger partial charge in [-0.05, 0) is 24.7 Å². The van der Waals surface area contributed by atoms with Crippen molar-refractivity contribution in [3.05, 3.63) is 0 Å². The van der Waals surface area contributed by atoms with E-state index in [0.29, 0.717) is 5.92 Å². The maximum Gasteiger partial charge on any atom is 0.0492 e. The van der Waals surface area contributed by atoms with Crippen molar-refractivity contribution in [2.75, 3.05) is 0 Å². The van der Waals surface area contributed by atoms with E-state index in [9.17, 15) is 0 Å². The van der Waals surface area contributed by atoms with Crippen LogP contribution in [0.4, 0.5) is 0 Å². The first-order chi connectivity index (χ1) is 4.75. The Morgan fingerprint density at radius 3 is 1.64 bits per heavy atom. The Morgan fingerprint density at radius 2 is 1.55 bits per heavy atom. The summed E-state index contributed by atoms with van der Waals surface area (Å²) in [7, 11) is 0. The maximum absolute atomic E-state index is 6.46. The van der Waals surface area contributed by atoms with Gasteiger partial charge in [0.15, 0.2) is 0 Å². The second-order valence-electron chi connectivity index (χ2n) is 4.47. The lowest BCUT2D eigenvalue weighted by Crippen LogP contribution is -2.40. The molecule has 1 heteroatoms. The number of hydrogen-bond donors (Lipinski definition) is 0. The molecule has 0 aliphatic rings. The van der Waals surface area contributed by atoms with Gasteiger partial charge in [0.05, 0.1) is 0 Å². The highest BCUT2D eigenvalue weighted by Crippen LogP contribution is 2.44. The highest BCUT2D eigenvalue weighted by molar-refractivity contribution is 6.24. The fourth-order valence-corrected chi connectivity index (χ4v) is 1.26. The fraction of sp³-hybridized carbons (Fsp3) is 1.00. The van der Waals surface area contributed by atoms with Crippen LogP contribution in [-0.4, -0.2) is 4.87 Å². The molecule has 11 heavy (non-hydrogen) atoms. The molecular weight excluding hydrogens is 156 g/mol. The largest absolute Gasteiger partial charge is 0.119 e. The third-order valence-corrected chi connectivity index (χ3v) is 4.24. The highest BCUT2D eigenvalue weighted by Gasteiger charge is 2.40. The quantitative estimate of drug-likeness (QED) is 0.569. The molecule has 0 aromatic heterocycles. The summed E-state index contributed by atoms with van der Waals surface area (Å²) in [6.45, 7) is 13.2. The molecule has 0 fully saturated rings.